The van der Waals surface area contributed by atoms with E-state index in [1.54, 1.807) is 13.1 Å². The van der Waals surface area contributed by atoms with E-state index in [4.69, 9.17) is 5.73 Å². The van der Waals surface area contributed by atoms with Gasteiger partial charge in [0.25, 0.3) is 0 Å². The van der Waals surface area contributed by atoms with E-state index in [1.165, 1.54) is 6.26 Å². The highest BCUT2D eigenvalue weighted by atomic mass is 32.2. The second-order valence-corrected chi connectivity index (χ2v) is 7.29. The second-order valence-electron chi connectivity index (χ2n) is 4.89. The van der Waals surface area contributed by atoms with E-state index in [1.807, 2.05) is 30.3 Å². The zero-order valence-corrected chi connectivity index (χ0v) is 11.9. The Balaban J connectivity index is 2.32. The number of benzene rings is 1. The van der Waals surface area contributed by atoms with E-state index in [-0.39, 0.29) is 0 Å². The average Bonchev–Trinajstić information content (AvgIpc) is 2.37. The highest BCUT2D eigenvalue weighted by Crippen LogP contribution is 2.19. The van der Waals surface area contributed by atoms with Crippen LogP contribution in [0.15, 0.2) is 36.5 Å². The van der Waals surface area contributed by atoms with Crippen LogP contribution in [0.4, 0.5) is 0 Å². The van der Waals surface area contributed by atoms with Crippen molar-refractivity contribution in [2.45, 2.75) is 24.6 Å². The molecule has 2 N–H and O–H groups in total. The van der Waals surface area contributed by atoms with Crippen LogP contribution < -0.4 is 5.73 Å². The molecule has 0 spiro atoms. The first kappa shape index (κ1) is 14.0. The summed E-state index contributed by atoms with van der Waals surface area (Å²) in [5, 5.41) is 0.473. The van der Waals surface area contributed by atoms with Gasteiger partial charge in [-0.25, -0.2) is 8.42 Å². The molecule has 102 valence electrons. The number of hydrogen-bond donors (Lipinski definition) is 1. The fourth-order valence-corrected chi connectivity index (χ4v) is 2.80. The van der Waals surface area contributed by atoms with E-state index in [0.717, 1.165) is 16.5 Å². The van der Waals surface area contributed by atoms with Gasteiger partial charge in [-0.3, -0.25) is 4.98 Å². The fourth-order valence-electron chi connectivity index (χ4n) is 2.07. The molecule has 0 saturated carbocycles. The van der Waals surface area contributed by atoms with E-state index in [0.29, 0.717) is 6.42 Å². The second kappa shape index (κ2) is 5.27. The summed E-state index contributed by atoms with van der Waals surface area (Å²) < 4.78 is 23.1. The zero-order chi connectivity index (χ0) is 14.0. The standard InChI is InChI=1S/C14H18N2O2S/c1-10(19(2,17)18)13(15)9-11-7-8-16-14-6-4-3-5-12(11)14/h3-8,10,13H,9,15H2,1-2H3. The van der Waals surface area contributed by atoms with Crippen LogP contribution in [-0.2, 0) is 16.3 Å². The summed E-state index contributed by atoms with van der Waals surface area (Å²) in [6, 6.07) is 9.27. The quantitative estimate of drug-likeness (QED) is 0.920. The molecule has 4 nitrogen and oxygen atoms in total. The van der Waals surface area contributed by atoms with Crippen LogP contribution >= 0.6 is 0 Å². The molecule has 0 radical (unpaired) electrons. The number of sulfone groups is 1. The molecule has 19 heavy (non-hydrogen) atoms. The SMILES string of the molecule is CC(C(N)Cc1ccnc2ccccc12)S(C)(=O)=O. The molecule has 0 aliphatic carbocycles. The summed E-state index contributed by atoms with van der Waals surface area (Å²) in [5.41, 5.74) is 7.96. The smallest absolute Gasteiger partial charge is 0.151 e. The van der Waals surface area contributed by atoms with E-state index >= 15 is 0 Å². The molecule has 0 fully saturated rings. The monoisotopic (exact) mass is 278 g/mol. The maximum Gasteiger partial charge on any atom is 0.151 e. The largest absolute Gasteiger partial charge is 0.326 e. The third kappa shape index (κ3) is 3.11. The molecule has 1 aromatic carbocycles. The Bertz CT molecular complexity index is 677. The molecule has 0 bridgehead atoms. The third-order valence-electron chi connectivity index (χ3n) is 3.47. The Hall–Kier alpha value is -1.46. The maximum atomic E-state index is 11.5. The summed E-state index contributed by atoms with van der Waals surface area (Å²) in [7, 11) is -3.12. The van der Waals surface area contributed by atoms with Crippen molar-refractivity contribution in [3.63, 3.8) is 0 Å². The summed E-state index contributed by atoms with van der Waals surface area (Å²) in [6.45, 7) is 1.66. The van der Waals surface area contributed by atoms with Crippen molar-refractivity contribution in [2.24, 2.45) is 5.73 Å². The predicted molar refractivity (Wildman–Crippen MR) is 77.7 cm³/mol. The van der Waals surface area contributed by atoms with Crippen LogP contribution in [-0.4, -0.2) is 30.9 Å². The number of pyridine rings is 1. The molecule has 5 heteroatoms. The lowest BCUT2D eigenvalue weighted by atomic mass is 10.0. The molecule has 0 saturated heterocycles. The van der Waals surface area contributed by atoms with E-state index in [9.17, 15) is 8.42 Å². The van der Waals surface area contributed by atoms with Crippen molar-refractivity contribution in [3.05, 3.63) is 42.1 Å². The number of rotatable bonds is 4. The predicted octanol–water partition coefficient (Wildman–Crippen LogP) is 1.54. The molecular weight excluding hydrogens is 260 g/mol. The van der Waals surface area contributed by atoms with Crippen molar-refractivity contribution in [1.29, 1.82) is 0 Å². The topological polar surface area (TPSA) is 73.0 Å². The molecule has 1 aromatic heterocycles. The van der Waals surface area contributed by atoms with Gasteiger partial charge in [-0.15, -0.1) is 0 Å². The number of hydrogen-bond acceptors (Lipinski definition) is 4. The minimum atomic E-state index is -3.12. The van der Waals surface area contributed by atoms with Gasteiger partial charge in [0, 0.05) is 23.9 Å². The maximum absolute atomic E-state index is 11.5. The molecule has 0 aliphatic heterocycles. The van der Waals surface area contributed by atoms with Crippen molar-refractivity contribution in [2.75, 3.05) is 6.26 Å². The molecule has 0 aliphatic rings. The zero-order valence-electron chi connectivity index (χ0n) is 11.1. The number of aromatic nitrogens is 1. The minimum absolute atomic E-state index is 0.416. The van der Waals surface area contributed by atoms with Gasteiger partial charge in [-0.05, 0) is 31.0 Å². The van der Waals surface area contributed by atoms with Crippen molar-refractivity contribution in [1.82, 2.24) is 4.98 Å². The van der Waals surface area contributed by atoms with Gasteiger partial charge in [0.2, 0.25) is 0 Å². The number of nitrogens with two attached hydrogens (primary N) is 1. The van der Waals surface area contributed by atoms with Gasteiger partial charge >= 0.3 is 0 Å². The number of fused-ring (bicyclic) bond motifs is 1. The Morgan fingerprint density at radius 3 is 2.63 bits per heavy atom. The van der Waals surface area contributed by atoms with Crippen molar-refractivity contribution >= 4 is 20.7 Å². The Morgan fingerprint density at radius 1 is 1.26 bits per heavy atom. The molecule has 1 heterocycles. The van der Waals surface area contributed by atoms with Gasteiger partial charge in [0.15, 0.2) is 9.84 Å². The Labute approximate surface area is 113 Å². The van der Waals surface area contributed by atoms with Crippen LogP contribution in [0, 0.1) is 0 Å². The van der Waals surface area contributed by atoms with Crippen LogP contribution in [0.5, 0.6) is 0 Å². The molecule has 2 rings (SSSR count). The van der Waals surface area contributed by atoms with Gasteiger partial charge in [0.1, 0.15) is 0 Å². The molecule has 0 amide bonds. The van der Waals surface area contributed by atoms with Crippen molar-refractivity contribution < 1.29 is 8.42 Å². The summed E-state index contributed by atoms with van der Waals surface area (Å²) in [5.74, 6) is 0. The molecular formula is C14H18N2O2S. The minimum Gasteiger partial charge on any atom is -0.326 e. The highest BCUT2D eigenvalue weighted by Gasteiger charge is 2.23. The highest BCUT2D eigenvalue weighted by molar-refractivity contribution is 7.91. The third-order valence-corrected chi connectivity index (χ3v) is 5.17. The first-order valence-corrected chi connectivity index (χ1v) is 8.12. The summed E-state index contributed by atoms with van der Waals surface area (Å²) in [4.78, 5) is 4.28. The summed E-state index contributed by atoms with van der Waals surface area (Å²) in [6.07, 6.45) is 3.48. The Kier molecular flexibility index (Phi) is 3.87. The van der Waals surface area contributed by atoms with E-state index < -0.39 is 21.1 Å². The first-order valence-electron chi connectivity index (χ1n) is 6.16. The molecule has 2 aromatic rings. The van der Waals surface area contributed by atoms with E-state index in [2.05, 4.69) is 4.98 Å². The average molecular weight is 278 g/mol. The normalized spacial score (nSPS) is 15.3. The van der Waals surface area contributed by atoms with Crippen LogP contribution in [0.2, 0.25) is 0 Å². The molecule has 2 atom stereocenters. The van der Waals surface area contributed by atoms with Gasteiger partial charge in [-0.2, -0.15) is 0 Å². The van der Waals surface area contributed by atoms with Crippen LogP contribution in [0.3, 0.4) is 0 Å². The van der Waals surface area contributed by atoms with Crippen molar-refractivity contribution in [3.8, 4) is 0 Å². The van der Waals surface area contributed by atoms with Crippen LogP contribution in [0.25, 0.3) is 10.9 Å². The lowest BCUT2D eigenvalue weighted by Gasteiger charge is -2.19. The molecule has 2 unspecified atom stereocenters. The number of para-hydroxylation sites is 1. The van der Waals surface area contributed by atoms with Gasteiger partial charge in [0.05, 0.1) is 10.8 Å². The van der Waals surface area contributed by atoms with Crippen LogP contribution in [0.1, 0.15) is 12.5 Å². The van der Waals surface area contributed by atoms with Gasteiger partial charge in [-0.1, -0.05) is 18.2 Å². The first-order chi connectivity index (χ1) is 8.89. The lowest BCUT2D eigenvalue weighted by molar-refractivity contribution is 0.562. The Morgan fingerprint density at radius 2 is 1.95 bits per heavy atom. The van der Waals surface area contributed by atoms with Gasteiger partial charge < -0.3 is 5.73 Å². The fraction of sp³-hybridized carbons (Fsp3) is 0.357. The lowest BCUT2D eigenvalue weighted by Crippen LogP contribution is -2.39. The summed E-state index contributed by atoms with van der Waals surface area (Å²) >= 11 is 0. The number of nitrogens with zero attached hydrogens (tertiary/aromatic N) is 1.